The normalized spacial score (nSPS) is 16.7. The highest BCUT2D eigenvalue weighted by Crippen LogP contribution is 2.30. The lowest BCUT2D eigenvalue weighted by Crippen LogP contribution is -2.24. The van der Waals surface area contributed by atoms with Crippen LogP contribution >= 0.6 is 23.2 Å². The van der Waals surface area contributed by atoms with Crippen molar-refractivity contribution in [3.63, 3.8) is 0 Å². The van der Waals surface area contributed by atoms with Gasteiger partial charge in [-0.25, -0.2) is 4.98 Å². The number of benzene rings is 2. The van der Waals surface area contributed by atoms with Crippen molar-refractivity contribution >= 4 is 28.9 Å². The van der Waals surface area contributed by atoms with Gasteiger partial charge >= 0.3 is 0 Å². The summed E-state index contributed by atoms with van der Waals surface area (Å²) in [4.78, 5) is 6.46. The molecular formula is C21H17Cl2N2O. The van der Waals surface area contributed by atoms with Gasteiger partial charge in [-0.2, -0.15) is 0 Å². The Labute approximate surface area is 163 Å². The number of nitrogens with zero attached hydrogens (tertiary/aromatic N) is 2. The molecule has 1 fully saturated rings. The molecule has 0 N–H and O–H groups in total. The van der Waals surface area contributed by atoms with E-state index >= 15 is 0 Å². The minimum atomic E-state index is 0.0686. The van der Waals surface area contributed by atoms with Crippen LogP contribution in [0.15, 0.2) is 60.8 Å². The zero-order chi connectivity index (χ0) is 17.9. The maximum absolute atomic E-state index is 6.28. The molecule has 2 heterocycles. The van der Waals surface area contributed by atoms with E-state index in [2.05, 4.69) is 28.1 Å². The highest BCUT2D eigenvalue weighted by atomic mass is 35.5. The van der Waals surface area contributed by atoms with Crippen molar-refractivity contribution in [1.29, 1.82) is 0 Å². The van der Waals surface area contributed by atoms with Gasteiger partial charge in [-0.1, -0.05) is 47.5 Å². The highest BCUT2D eigenvalue weighted by molar-refractivity contribution is 6.33. The monoisotopic (exact) mass is 383 g/mol. The molecule has 0 amide bonds. The van der Waals surface area contributed by atoms with E-state index in [1.807, 2.05) is 30.3 Å². The fraction of sp³-hybridized carbons (Fsp3) is 0.190. The van der Waals surface area contributed by atoms with Crippen molar-refractivity contribution in [3.05, 3.63) is 76.9 Å². The molecule has 0 spiro atoms. The number of halogens is 2. The van der Waals surface area contributed by atoms with Gasteiger partial charge in [-0.15, -0.1) is 0 Å². The van der Waals surface area contributed by atoms with Gasteiger partial charge in [-0.05, 0) is 35.9 Å². The molecule has 1 atom stereocenters. The number of aromatic nitrogens is 1. The molecule has 3 aromatic rings. The first-order valence-corrected chi connectivity index (χ1v) is 9.25. The van der Waals surface area contributed by atoms with Crippen molar-refractivity contribution in [1.82, 2.24) is 4.98 Å². The van der Waals surface area contributed by atoms with Gasteiger partial charge in [0.1, 0.15) is 11.1 Å². The van der Waals surface area contributed by atoms with E-state index in [1.165, 1.54) is 0 Å². The van der Waals surface area contributed by atoms with Gasteiger partial charge < -0.3 is 9.64 Å². The quantitative estimate of drug-likeness (QED) is 0.593. The maximum atomic E-state index is 6.28. The number of pyridine rings is 1. The SMILES string of the molecule is Clc1ccccc1-c1c[c]c(N2CC[C@H](Oc3ncccc3Cl)C2)cc1. The summed E-state index contributed by atoms with van der Waals surface area (Å²) in [6.45, 7) is 1.70. The Kier molecular flexibility index (Phi) is 5.00. The first-order valence-electron chi connectivity index (χ1n) is 8.49. The van der Waals surface area contributed by atoms with Crippen LogP contribution in [0, 0.1) is 6.07 Å². The van der Waals surface area contributed by atoms with Crippen LogP contribution in [0.25, 0.3) is 11.1 Å². The second-order valence-corrected chi connectivity index (χ2v) is 7.02. The van der Waals surface area contributed by atoms with Crippen LogP contribution in [-0.4, -0.2) is 24.2 Å². The maximum Gasteiger partial charge on any atom is 0.232 e. The summed E-state index contributed by atoms with van der Waals surface area (Å²) in [7, 11) is 0. The predicted molar refractivity (Wildman–Crippen MR) is 106 cm³/mol. The lowest BCUT2D eigenvalue weighted by molar-refractivity contribution is 0.216. The van der Waals surface area contributed by atoms with E-state index in [0.717, 1.165) is 41.3 Å². The summed E-state index contributed by atoms with van der Waals surface area (Å²) in [6, 6.07) is 20.9. The minimum Gasteiger partial charge on any atom is -0.471 e. The molecule has 131 valence electrons. The molecular weight excluding hydrogens is 367 g/mol. The molecule has 1 aliphatic heterocycles. The van der Waals surface area contributed by atoms with Gasteiger partial charge in [0.05, 0.1) is 6.54 Å². The Balaban J connectivity index is 1.44. The lowest BCUT2D eigenvalue weighted by atomic mass is 10.1. The summed E-state index contributed by atoms with van der Waals surface area (Å²) < 4.78 is 5.95. The number of anilines is 1. The average Bonchev–Trinajstić information content (AvgIpc) is 3.13. The second-order valence-electron chi connectivity index (χ2n) is 6.21. The van der Waals surface area contributed by atoms with Crippen molar-refractivity contribution in [2.45, 2.75) is 12.5 Å². The summed E-state index contributed by atoms with van der Waals surface area (Å²) in [6.07, 6.45) is 2.68. The Morgan fingerprint density at radius 2 is 1.88 bits per heavy atom. The molecule has 0 bridgehead atoms. The predicted octanol–water partition coefficient (Wildman–Crippen LogP) is 5.51. The molecule has 0 saturated carbocycles. The molecule has 5 heteroatoms. The molecule has 0 unspecified atom stereocenters. The minimum absolute atomic E-state index is 0.0686. The van der Waals surface area contributed by atoms with E-state index in [-0.39, 0.29) is 6.10 Å². The van der Waals surface area contributed by atoms with Gasteiger partial charge in [0, 0.05) is 41.5 Å². The number of hydrogen-bond donors (Lipinski definition) is 0. The van der Waals surface area contributed by atoms with Crippen LogP contribution in [-0.2, 0) is 0 Å². The Hall–Kier alpha value is -2.23. The molecule has 0 aliphatic carbocycles. The van der Waals surface area contributed by atoms with Crippen molar-refractivity contribution in [2.75, 3.05) is 18.0 Å². The van der Waals surface area contributed by atoms with E-state index in [4.69, 9.17) is 27.9 Å². The average molecular weight is 384 g/mol. The smallest absolute Gasteiger partial charge is 0.232 e. The third-order valence-corrected chi connectivity index (χ3v) is 5.09. The third-order valence-electron chi connectivity index (χ3n) is 4.47. The van der Waals surface area contributed by atoms with Crippen molar-refractivity contribution < 1.29 is 4.74 Å². The molecule has 1 saturated heterocycles. The fourth-order valence-corrected chi connectivity index (χ4v) is 3.55. The summed E-state index contributed by atoms with van der Waals surface area (Å²) in [5, 5.41) is 1.29. The zero-order valence-electron chi connectivity index (χ0n) is 14.0. The van der Waals surface area contributed by atoms with Crippen LogP contribution in [0.4, 0.5) is 5.69 Å². The third kappa shape index (κ3) is 3.64. The fourth-order valence-electron chi connectivity index (χ4n) is 3.14. The van der Waals surface area contributed by atoms with E-state index in [0.29, 0.717) is 10.9 Å². The topological polar surface area (TPSA) is 25.4 Å². The van der Waals surface area contributed by atoms with Crippen molar-refractivity contribution in [3.8, 4) is 17.0 Å². The van der Waals surface area contributed by atoms with Gasteiger partial charge in [0.25, 0.3) is 0 Å². The number of ether oxygens (including phenoxy) is 1. The molecule has 1 radical (unpaired) electrons. The highest BCUT2D eigenvalue weighted by Gasteiger charge is 2.25. The van der Waals surface area contributed by atoms with E-state index in [9.17, 15) is 0 Å². The standard InChI is InChI=1S/C21H17Cl2N2O/c22-19-5-2-1-4-18(19)15-7-9-16(10-8-15)25-13-11-17(14-25)26-21-20(23)6-3-12-24-21/h1-9,12,17H,11,13-14H2/t17-/m0/s1. The Morgan fingerprint density at radius 3 is 2.65 bits per heavy atom. The molecule has 26 heavy (non-hydrogen) atoms. The number of hydrogen-bond acceptors (Lipinski definition) is 3. The van der Waals surface area contributed by atoms with Crippen molar-refractivity contribution in [2.24, 2.45) is 0 Å². The number of rotatable bonds is 4. The van der Waals surface area contributed by atoms with Gasteiger partial charge in [-0.3, -0.25) is 0 Å². The molecule has 1 aliphatic rings. The van der Waals surface area contributed by atoms with Crippen LogP contribution in [0.2, 0.25) is 10.0 Å². The largest absolute Gasteiger partial charge is 0.471 e. The van der Waals surface area contributed by atoms with Gasteiger partial charge in [0.2, 0.25) is 5.88 Å². The molecule has 2 aromatic carbocycles. The summed E-state index contributed by atoms with van der Waals surface area (Å²) in [5.74, 6) is 0.499. The van der Waals surface area contributed by atoms with Crippen LogP contribution in [0.5, 0.6) is 5.88 Å². The van der Waals surface area contributed by atoms with E-state index < -0.39 is 0 Å². The summed E-state index contributed by atoms with van der Waals surface area (Å²) in [5.41, 5.74) is 3.13. The Bertz CT molecular complexity index is 899. The molecule has 3 nitrogen and oxygen atoms in total. The Morgan fingerprint density at radius 1 is 1.04 bits per heavy atom. The summed E-state index contributed by atoms with van der Waals surface area (Å²) >= 11 is 12.4. The van der Waals surface area contributed by atoms with Gasteiger partial charge in [0.15, 0.2) is 0 Å². The second kappa shape index (κ2) is 7.56. The van der Waals surface area contributed by atoms with E-state index in [1.54, 1.807) is 18.3 Å². The van der Waals surface area contributed by atoms with Crippen LogP contribution in [0.3, 0.4) is 0 Å². The van der Waals surface area contributed by atoms with Crippen LogP contribution < -0.4 is 9.64 Å². The lowest BCUT2D eigenvalue weighted by Gasteiger charge is -2.19. The first-order chi connectivity index (χ1) is 12.7. The van der Waals surface area contributed by atoms with Crippen LogP contribution in [0.1, 0.15) is 6.42 Å². The molecule has 4 rings (SSSR count). The molecule has 1 aromatic heterocycles. The zero-order valence-corrected chi connectivity index (χ0v) is 15.5. The first kappa shape index (κ1) is 17.2.